The number of nitrogens with two attached hydrogens (primary N) is 1. The summed E-state index contributed by atoms with van der Waals surface area (Å²) in [6.07, 6.45) is 4.06. The molecule has 37 heavy (non-hydrogen) atoms. The lowest BCUT2D eigenvalue weighted by Crippen LogP contribution is -2.47. The van der Waals surface area contributed by atoms with Crippen molar-refractivity contribution in [3.05, 3.63) is 62.8 Å². The number of aromatic amines is 1. The van der Waals surface area contributed by atoms with Crippen LogP contribution < -0.4 is 16.6 Å². The number of aliphatic hydroxyl groups is 1. The van der Waals surface area contributed by atoms with Crippen molar-refractivity contribution in [2.75, 3.05) is 19.7 Å². The lowest BCUT2D eigenvalue weighted by molar-refractivity contribution is -0.133. The molecule has 4 rings (SSSR count). The molecule has 0 spiro atoms. The zero-order valence-corrected chi connectivity index (χ0v) is 21.5. The second-order valence-electron chi connectivity index (χ2n) is 9.65. The molecule has 196 valence electrons. The number of carbonyl (C=O) groups is 2. The number of aryl methyl sites for hydroxylation is 2. The molecule has 0 saturated heterocycles. The quantitative estimate of drug-likeness (QED) is 0.374. The van der Waals surface area contributed by atoms with Crippen LogP contribution in [0.5, 0.6) is 0 Å². The van der Waals surface area contributed by atoms with Gasteiger partial charge in [0.05, 0.1) is 29.4 Å². The summed E-state index contributed by atoms with van der Waals surface area (Å²) in [6, 6.07) is 2.69. The number of H-pyrrole nitrogens is 1. The number of carbonyl (C=O) groups excluding carboxylic acids is 2. The van der Waals surface area contributed by atoms with E-state index in [0.717, 1.165) is 16.8 Å². The van der Waals surface area contributed by atoms with Crippen molar-refractivity contribution < 1.29 is 14.7 Å². The number of pyridine rings is 2. The van der Waals surface area contributed by atoms with Gasteiger partial charge in [-0.15, -0.1) is 0 Å². The maximum Gasteiger partial charge on any atom is 0.253 e. The van der Waals surface area contributed by atoms with E-state index in [0.29, 0.717) is 47.4 Å². The number of amides is 2. The number of fused-ring (bicyclic) bond motifs is 1. The first-order valence-electron chi connectivity index (χ1n) is 12.3. The van der Waals surface area contributed by atoms with Crippen LogP contribution in [-0.2, 0) is 11.3 Å². The fourth-order valence-electron chi connectivity index (χ4n) is 4.53. The Hall–Kier alpha value is -3.83. The van der Waals surface area contributed by atoms with Gasteiger partial charge < -0.3 is 26.0 Å². The molecule has 1 atom stereocenters. The molecule has 0 aromatic carbocycles. The van der Waals surface area contributed by atoms with E-state index in [1.165, 1.54) is 0 Å². The summed E-state index contributed by atoms with van der Waals surface area (Å²) < 4.78 is 1.77. The summed E-state index contributed by atoms with van der Waals surface area (Å²) >= 11 is 0. The van der Waals surface area contributed by atoms with E-state index in [-0.39, 0.29) is 30.0 Å². The standard InChI is InChI=1S/C26H33N7O4/c1-14(2)33-23-20(12-29-33)18(24(35)28-11-19-15(3)9-16(4)30-25(19)36)10-22(31-23)17-5-7-32(8-6-17)26(37)21(27)13-34/h5,9-10,12,14,21,34H,6-8,11,13,27H2,1-4H3,(H,28,35)(H,30,36). The summed E-state index contributed by atoms with van der Waals surface area (Å²) in [7, 11) is 0. The monoisotopic (exact) mass is 507 g/mol. The highest BCUT2D eigenvalue weighted by atomic mass is 16.3. The number of rotatable bonds is 7. The summed E-state index contributed by atoms with van der Waals surface area (Å²) in [5, 5.41) is 17.2. The number of aromatic nitrogens is 4. The Kier molecular flexibility index (Phi) is 7.55. The van der Waals surface area contributed by atoms with Crippen LogP contribution in [0.4, 0.5) is 0 Å². The van der Waals surface area contributed by atoms with Crippen LogP contribution in [-0.4, -0.2) is 67.3 Å². The van der Waals surface area contributed by atoms with E-state index in [1.54, 1.807) is 21.8 Å². The third-order valence-electron chi connectivity index (χ3n) is 6.58. The van der Waals surface area contributed by atoms with E-state index in [9.17, 15) is 19.5 Å². The molecule has 11 heteroatoms. The van der Waals surface area contributed by atoms with Gasteiger partial charge in [-0.2, -0.15) is 5.10 Å². The van der Waals surface area contributed by atoms with Crippen LogP contribution in [0.1, 0.15) is 59.2 Å². The molecular formula is C26H33N7O4. The van der Waals surface area contributed by atoms with Gasteiger partial charge in [0.25, 0.3) is 11.5 Å². The molecule has 0 saturated carbocycles. The van der Waals surface area contributed by atoms with Crippen molar-refractivity contribution in [3.63, 3.8) is 0 Å². The molecule has 4 heterocycles. The van der Waals surface area contributed by atoms with E-state index in [4.69, 9.17) is 10.7 Å². The number of hydrogen-bond acceptors (Lipinski definition) is 7. The molecule has 3 aromatic rings. The van der Waals surface area contributed by atoms with Gasteiger partial charge in [-0.3, -0.25) is 14.4 Å². The summed E-state index contributed by atoms with van der Waals surface area (Å²) in [4.78, 5) is 47.3. The number of aliphatic hydroxyl groups excluding tert-OH is 1. The van der Waals surface area contributed by atoms with Crippen LogP contribution in [0.15, 0.2) is 29.2 Å². The lowest BCUT2D eigenvalue weighted by Gasteiger charge is -2.28. The summed E-state index contributed by atoms with van der Waals surface area (Å²) in [6.45, 7) is 8.07. The molecule has 1 aliphatic heterocycles. The Morgan fingerprint density at radius 3 is 2.65 bits per heavy atom. The summed E-state index contributed by atoms with van der Waals surface area (Å²) in [5.74, 6) is -0.640. The minimum Gasteiger partial charge on any atom is -0.394 e. The van der Waals surface area contributed by atoms with Crippen molar-refractivity contribution in [3.8, 4) is 0 Å². The highest BCUT2D eigenvalue weighted by Crippen LogP contribution is 2.27. The fraction of sp³-hybridized carbons (Fsp3) is 0.423. The van der Waals surface area contributed by atoms with Crippen LogP contribution in [0.25, 0.3) is 16.6 Å². The van der Waals surface area contributed by atoms with Gasteiger partial charge in [-0.05, 0) is 57.4 Å². The highest BCUT2D eigenvalue weighted by molar-refractivity contribution is 6.06. The second-order valence-corrected chi connectivity index (χ2v) is 9.65. The number of nitrogens with one attached hydrogen (secondary N) is 2. The van der Waals surface area contributed by atoms with Crippen LogP contribution >= 0.6 is 0 Å². The molecule has 1 unspecified atom stereocenters. The van der Waals surface area contributed by atoms with Gasteiger partial charge in [0.15, 0.2) is 5.65 Å². The number of hydrogen-bond donors (Lipinski definition) is 4. The van der Waals surface area contributed by atoms with Crippen LogP contribution in [0.3, 0.4) is 0 Å². The van der Waals surface area contributed by atoms with Gasteiger partial charge >= 0.3 is 0 Å². The zero-order valence-electron chi connectivity index (χ0n) is 21.5. The Labute approximate surface area is 214 Å². The van der Waals surface area contributed by atoms with Gasteiger partial charge in [0.1, 0.15) is 6.04 Å². The van der Waals surface area contributed by atoms with Crippen molar-refractivity contribution in [1.82, 2.24) is 30.0 Å². The normalized spacial score (nSPS) is 14.7. The van der Waals surface area contributed by atoms with Gasteiger partial charge in [0.2, 0.25) is 5.91 Å². The first-order chi connectivity index (χ1) is 17.6. The predicted molar refractivity (Wildman–Crippen MR) is 140 cm³/mol. The second kappa shape index (κ2) is 10.7. The molecule has 0 aliphatic carbocycles. The largest absolute Gasteiger partial charge is 0.394 e. The topological polar surface area (TPSA) is 159 Å². The smallest absolute Gasteiger partial charge is 0.253 e. The minimum atomic E-state index is -0.940. The molecule has 0 bridgehead atoms. The average molecular weight is 508 g/mol. The lowest BCUT2D eigenvalue weighted by atomic mass is 10.0. The van der Waals surface area contributed by atoms with Gasteiger partial charge in [-0.25, -0.2) is 9.67 Å². The van der Waals surface area contributed by atoms with Crippen molar-refractivity contribution in [1.29, 1.82) is 0 Å². The molecule has 5 N–H and O–H groups in total. The number of nitrogens with zero attached hydrogens (tertiary/aromatic N) is 4. The van der Waals surface area contributed by atoms with Crippen molar-refractivity contribution >= 4 is 28.4 Å². The van der Waals surface area contributed by atoms with Crippen LogP contribution in [0.2, 0.25) is 0 Å². The Morgan fingerprint density at radius 2 is 2.03 bits per heavy atom. The SMILES string of the molecule is Cc1cc(C)c(CNC(=O)c2cc(C3=CCN(C(=O)C(N)CO)CC3)nc3c2cnn3C(C)C)c(=O)[nH]1. The third kappa shape index (κ3) is 5.32. The van der Waals surface area contributed by atoms with E-state index in [1.807, 2.05) is 39.8 Å². The average Bonchev–Trinajstić information content (AvgIpc) is 3.31. The molecule has 2 amide bonds. The fourth-order valence-corrected chi connectivity index (χ4v) is 4.53. The predicted octanol–water partition coefficient (Wildman–Crippen LogP) is 1.18. The molecule has 0 fully saturated rings. The zero-order chi connectivity index (χ0) is 26.9. The van der Waals surface area contributed by atoms with Gasteiger partial charge in [0, 0.05) is 36.9 Å². The molecule has 3 aromatic heterocycles. The maximum absolute atomic E-state index is 13.4. The molecule has 1 aliphatic rings. The maximum atomic E-state index is 13.4. The Bertz CT molecular complexity index is 1440. The van der Waals surface area contributed by atoms with E-state index >= 15 is 0 Å². The third-order valence-corrected chi connectivity index (χ3v) is 6.58. The van der Waals surface area contributed by atoms with Gasteiger partial charge in [-0.1, -0.05) is 6.08 Å². The van der Waals surface area contributed by atoms with Crippen molar-refractivity contribution in [2.45, 2.75) is 52.7 Å². The van der Waals surface area contributed by atoms with E-state index < -0.39 is 12.6 Å². The van der Waals surface area contributed by atoms with Crippen LogP contribution in [0, 0.1) is 13.8 Å². The Morgan fingerprint density at radius 1 is 1.27 bits per heavy atom. The summed E-state index contributed by atoms with van der Waals surface area (Å²) in [5.41, 5.74) is 10.1. The minimum absolute atomic E-state index is 0.0262. The highest BCUT2D eigenvalue weighted by Gasteiger charge is 2.25. The first kappa shape index (κ1) is 26.2. The Balaban J connectivity index is 1.67. The molecular weight excluding hydrogens is 474 g/mol. The molecule has 11 nitrogen and oxygen atoms in total. The van der Waals surface area contributed by atoms with E-state index in [2.05, 4.69) is 15.4 Å². The molecule has 0 radical (unpaired) electrons. The first-order valence-corrected chi connectivity index (χ1v) is 12.3. The van der Waals surface area contributed by atoms with Crippen molar-refractivity contribution in [2.24, 2.45) is 5.73 Å².